The lowest BCUT2D eigenvalue weighted by molar-refractivity contribution is -0.133. The van der Waals surface area contributed by atoms with Gasteiger partial charge in [-0.3, -0.25) is 9.69 Å². The van der Waals surface area contributed by atoms with E-state index in [-0.39, 0.29) is 12.0 Å². The highest BCUT2D eigenvalue weighted by molar-refractivity contribution is 5.78. The van der Waals surface area contributed by atoms with Crippen LogP contribution in [0, 0.1) is 11.8 Å². The fraction of sp³-hybridized carbons (Fsp3) is 0.929. The molecule has 0 aromatic heterocycles. The minimum Gasteiger partial charge on any atom is -0.392 e. The highest BCUT2D eigenvalue weighted by Gasteiger charge is 2.30. The molecular formula is C14H26N2O2. The number of hydrogen-bond acceptors (Lipinski definition) is 3. The van der Waals surface area contributed by atoms with Gasteiger partial charge in [-0.2, -0.15) is 0 Å². The van der Waals surface area contributed by atoms with Gasteiger partial charge in [-0.15, -0.1) is 0 Å². The zero-order valence-corrected chi connectivity index (χ0v) is 11.6. The first-order chi connectivity index (χ1) is 8.56. The van der Waals surface area contributed by atoms with Crippen LogP contribution < -0.4 is 0 Å². The molecule has 0 bridgehead atoms. The van der Waals surface area contributed by atoms with Crippen molar-refractivity contribution < 1.29 is 9.90 Å². The molecule has 0 spiro atoms. The fourth-order valence-corrected chi connectivity index (χ4v) is 2.60. The normalized spacial score (nSPS) is 23.4. The average molecular weight is 254 g/mol. The number of hydrogen-bond donors (Lipinski definition) is 1. The lowest BCUT2D eigenvalue weighted by atomic mass is 9.99. The second-order valence-electron chi connectivity index (χ2n) is 6.16. The zero-order valence-electron chi connectivity index (χ0n) is 11.6. The van der Waals surface area contributed by atoms with Crippen molar-refractivity contribution in [1.82, 2.24) is 9.80 Å². The van der Waals surface area contributed by atoms with Crippen LogP contribution >= 0.6 is 0 Å². The summed E-state index contributed by atoms with van der Waals surface area (Å²) < 4.78 is 0. The van der Waals surface area contributed by atoms with E-state index in [2.05, 4.69) is 6.92 Å². The molecule has 0 radical (unpaired) electrons. The standard InChI is InChI=1S/C14H26N2O2/c1-11-5-7-16(8-6-11)14(18)10-15(2)9-13(17)12-3-4-12/h11-13,17H,3-10H2,1-2H3. The van der Waals surface area contributed by atoms with Gasteiger partial charge in [-0.1, -0.05) is 6.92 Å². The number of rotatable bonds is 5. The number of piperidine rings is 1. The minimum atomic E-state index is -0.246. The molecule has 18 heavy (non-hydrogen) atoms. The Morgan fingerprint density at radius 2 is 1.94 bits per heavy atom. The van der Waals surface area contributed by atoms with Crippen molar-refractivity contribution in [2.75, 3.05) is 33.2 Å². The average Bonchev–Trinajstić information content (AvgIpc) is 3.13. The summed E-state index contributed by atoms with van der Waals surface area (Å²) in [6.45, 7) is 5.12. The Hall–Kier alpha value is -0.610. The van der Waals surface area contributed by atoms with E-state index in [1.165, 1.54) is 0 Å². The molecule has 0 aromatic carbocycles. The lowest BCUT2D eigenvalue weighted by Gasteiger charge is -2.32. The third-order valence-corrected chi connectivity index (χ3v) is 4.21. The molecule has 1 unspecified atom stereocenters. The SMILES string of the molecule is CC1CCN(C(=O)CN(C)CC(O)C2CC2)CC1. The number of amides is 1. The Bertz CT molecular complexity index is 284. The van der Waals surface area contributed by atoms with Crippen molar-refractivity contribution in [2.24, 2.45) is 11.8 Å². The Labute approximate surface area is 110 Å². The third kappa shape index (κ3) is 3.95. The van der Waals surface area contributed by atoms with Gasteiger partial charge >= 0.3 is 0 Å². The molecule has 1 aliphatic carbocycles. The van der Waals surface area contributed by atoms with E-state index in [0.29, 0.717) is 19.0 Å². The number of likely N-dealkylation sites (N-methyl/N-ethyl adjacent to an activating group) is 1. The smallest absolute Gasteiger partial charge is 0.236 e. The highest BCUT2D eigenvalue weighted by atomic mass is 16.3. The van der Waals surface area contributed by atoms with Crippen LogP contribution in [0.15, 0.2) is 0 Å². The molecule has 4 heteroatoms. The molecule has 1 N–H and O–H groups in total. The maximum absolute atomic E-state index is 12.1. The first kappa shape index (κ1) is 13.8. The van der Waals surface area contributed by atoms with Crippen molar-refractivity contribution in [2.45, 2.75) is 38.7 Å². The summed E-state index contributed by atoms with van der Waals surface area (Å²) >= 11 is 0. The summed E-state index contributed by atoms with van der Waals surface area (Å²) in [6.07, 6.45) is 4.30. The van der Waals surface area contributed by atoms with E-state index in [4.69, 9.17) is 0 Å². The van der Waals surface area contributed by atoms with Crippen LogP contribution in [0.5, 0.6) is 0 Å². The van der Waals surface area contributed by atoms with Crippen LogP contribution in [0.4, 0.5) is 0 Å². The number of aliphatic hydroxyl groups is 1. The molecule has 1 atom stereocenters. The number of carbonyl (C=O) groups is 1. The van der Waals surface area contributed by atoms with Gasteiger partial charge in [-0.05, 0) is 44.6 Å². The summed E-state index contributed by atoms with van der Waals surface area (Å²) in [5, 5.41) is 9.85. The maximum Gasteiger partial charge on any atom is 0.236 e. The molecule has 1 heterocycles. The lowest BCUT2D eigenvalue weighted by Crippen LogP contribution is -2.44. The van der Waals surface area contributed by atoms with Crippen LogP contribution in [0.25, 0.3) is 0 Å². The van der Waals surface area contributed by atoms with Gasteiger partial charge in [0.1, 0.15) is 0 Å². The Balaban J connectivity index is 1.69. The Kier molecular flexibility index (Phi) is 4.62. The quantitative estimate of drug-likeness (QED) is 0.794. The second kappa shape index (κ2) is 6.02. The van der Waals surface area contributed by atoms with Gasteiger partial charge in [-0.25, -0.2) is 0 Å². The van der Waals surface area contributed by atoms with Gasteiger partial charge in [0.25, 0.3) is 0 Å². The summed E-state index contributed by atoms with van der Waals surface area (Å²) in [6, 6.07) is 0. The summed E-state index contributed by atoms with van der Waals surface area (Å²) in [5.74, 6) is 1.45. The second-order valence-corrected chi connectivity index (χ2v) is 6.16. The molecule has 1 saturated heterocycles. The topological polar surface area (TPSA) is 43.8 Å². The van der Waals surface area contributed by atoms with Gasteiger partial charge < -0.3 is 10.0 Å². The number of aliphatic hydroxyl groups excluding tert-OH is 1. The predicted molar refractivity (Wildman–Crippen MR) is 71.2 cm³/mol. The molecule has 2 aliphatic rings. The molecule has 2 rings (SSSR count). The van der Waals surface area contributed by atoms with E-state index in [9.17, 15) is 9.90 Å². The zero-order chi connectivity index (χ0) is 13.1. The van der Waals surface area contributed by atoms with Crippen LogP contribution in [0.1, 0.15) is 32.6 Å². The van der Waals surface area contributed by atoms with Crippen molar-refractivity contribution in [3.8, 4) is 0 Å². The van der Waals surface area contributed by atoms with E-state index in [1.54, 1.807) is 0 Å². The van der Waals surface area contributed by atoms with Gasteiger partial charge in [0.15, 0.2) is 0 Å². The number of carbonyl (C=O) groups excluding carboxylic acids is 1. The molecule has 104 valence electrons. The summed E-state index contributed by atoms with van der Waals surface area (Å²) in [7, 11) is 1.93. The largest absolute Gasteiger partial charge is 0.392 e. The van der Waals surface area contributed by atoms with E-state index >= 15 is 0 Å². The molecule has 4 nitrogen and oxygen atoms in total. The Morgan fingerprint density at radius 1 is 1.33 bits per heavy atom. The maximum atomic E-state index is 12.1. The van der Waals surface area contributed by atoms with Gasteiger partial charge in [0.2, 0.25) is 5.91 Å². The summed E-state index contributed by atoms with van der Waals surface area (Å²) in [4.78, 5) is 16.0. The van der Waals surface area contributed by atoms with E-state index in [0.717, 1.165) is 44.7 Å². The predicted octanol–water partition coefficient (Wildman–Crippen LogP) is 0.948. The van der Waals surface area contributed by atoms with Crippen molar-refractivity contribution >= 4 is 5.91 Å². The molecule has 0 aromatic rings. The monoisotopic (exact) mass is 254 g/mol. The van der Waals surface area contributed by atoms with Crippen LogP contribution in [0.3, 0.4) is 0 Å². The molecule has 1 saturated carbocycles. The molecule has 2 fully saturated rings. The molecular weight excluding hydrogens is 228 g/mol. The highest BCUT2D eigenvalue weighted by Crippen LogP contribution is 2.32. The van der Waals surface area contributed by atoms with Crippen LogP contribution in [-0.4, -0.2) is 60.1 Å². The van der Waals surface area contributed by atoms with Gasteiger partial charge in [0, 0.05) is 19.6 Å². The molecule has 1 amide bonds. The van der Waals surface area contributed by atoms with E-state index < -0.39 is 0 Å². The van der Waals surface area contributed by atoms with Crippen molar-refractivity contribution in [1.29, 1.82) is 0 Å². The molecule has 1 aliphatic heterocycles. The minimum absolute atomic E-state index is 0.215. The Morgan fingerprint density at radius 3 is 2.50 bits per heavy atom. The van der Waals surface area contributed by atoms with Crippen molar-refractivity contribution in [3.05, 3.63) is 0 Å². The van der Waals surface area contributed by atoms with Crippen molar-refractivity contribution in [3.63, 3.8) is 0 Å². The first-order valence-corrected chi connectivity index (χ1v) is 7.20. The third-order valence-electron chi connectivity index (χ3n) is 4.21. The van der Waals surface area contributed by atoms with E-state index in [1.807, 2.05) is 16.8 Å². The fourth-order valence-electron chi connectivity index (χ4n) is 2.60. The number of likely N-dealkylation sites (tertiary alicyclic amines) is 1. The van der Waals surface area contributed by atoms with Crippen LogP contribution in [0.2, 0.25) is 0 Å². The van der Waals surface area contributed by atoms with Crippen LogP contribution in [-0.2, 0) is 4.79 Å². The van der Waals surface area contributed by atoms with Gasteiger partial charge in [0.05, 0.1) is 12.6 Å². The first-order valence-electron chi connectivity index (χ1n) is 7.20. The number of nitrogens with zero attached hydrogens (tertiary/aromatic N) is 2. The summed E-state index contributed by atoms with van der Waals surface area (Å²) in [5.41, 5.74) is 0.